The molecule has 2 fully saturated rings. The van der Waals surface area contributed by atoms with Crippen LogP contribution < -0.4 is 10.5 Å². The van der Waals surface area contributed by atoms with Crippen LogP contribution in [0.15, 0.2) is 6.07 Å². The van der Waals surface area contributed by atoms with Gasteiger partial charge < -0.3 is 10.5 Å². The summed E-state index contributed by atoms with van der Waals surface area (Å²) in [7, 11) is 0. The Kier molecular flexibility index (Phi) is 3.39. The molecule has 1 aromatic rings. The Morgan fingerprint density at radius 2 is 2.16 bits per heavy atom. The number of rotatable bonds is 7. The molecule has 2 aliphatic carbocycles. The molecule has 2 N–H and O–H groups in total. The van der Waals surface area contributed by atoms with Gasteiger partial charge in [0.15, 0.2) is 0 Å². The minimum Gasteiger partial charge on any atom is -0.478 e. The molecular formula is C14H20FN3O. The summed E-state index contributed by atoms with van der Waals surface area (Å²) >= 11 is 0. The van der Waals surface area contributed by atoms with E-state index in [2.05, 4.69) is 9.97 Å². The van der Waals surface area contributed by atoms with Crippen molar-refractivity contribution in [1.82, 2.24) is 9.97 Å². The zero-order valence-corrected chi connectivity index (χ0v) is 11.1. The fourth-order valence-electron chi connectivity index (χ4n) is 2.19. The SMILES string of the molecule is NCc1cc(OCCC2(CF)CC2)nc(C2CC2)n1. The Morgan fingerprint density at radius 1 is 1.37 bits per heavy atom. The van der Waals surface area contributed by atoms with E-state index in [1.807, 2.05) is 0 Å². The van der Waals surface area contributed by atoms with E-state index in [1.54, 1.807) is 6.07 Å². The molecule has 0 radical (unpaired) electrons. The topological polar surface area (TPSA) is 61.0 Å². The third kappa shape index (κ3) is 3.03. The van der Waals surface area contributed by atoms with Gasteiger partial charge in [-0.05, 0) is 32.1 Å². The molecule has 0 unspecified atom stereocenters. The first-order valence-corrected chi connectivity index (χ1v) is 7.01. The van der Waals surface area contributed by atoms with Crippen molar-refractivity contribution in [2.45, 2.75) is 44.6 Å². The maximum Gasteiger partial charge on any atom is 0.216 e. The molecule has 0 amide bonds. The number of halogens is 1. The van der Waals surface area contributed by atoms with Crippen molar-refractivity contribution < 1.29 is 9.13 Å². The van der Waals surface area contributed by atoms with E-state index >= 15 is 0 Å². The summed E-state index contributed by atoms with van der Waals surface area (Å²) in [6.45, 7) is 0.684. The minimum atomic E-state index is -0.235. The van der Waals surface area contributed by atoms with Gasteiger partial charge in [-0.3, -0.25) is 4.39 Å². The molecule has 3 rings (SSSR count). The number of nitrogens with two attached hydrogens (primary N) is 1. The van der Waals surface area contributed by atoms with Crippen LogP contribution in [0.3, 0.4) is 0 Å². The van der Waals surface area contributed by atoms with Crippen molar-refractivity contribution in [2.24, 2.45) is 11.1 Å². The first-order chi connectivity index (χ1) is 9.24. The van der Waals surface area contributed by atoms with Crippen molar-refractivity contribution >= 4 is 0 Å². The van der Waals surface area contributed by atoms with Crippen molar-refractivity contribution in [3.05, 3.63) is 17.6 Å². The van der Waals surface area contributed by atoms with Crippen molar-refractivity contribution in [3.8, 4) is 5.88 Å². The smallest absolute Gasteiger partial charge is 0.216 e. The molecule has 1 heterocycles. The highest BCUT2D eigenvalue weighted by atomic mass is 19.1. The number of ether oxygens (including phenoxy) is 1. The van der Waals surface area contributed by atoms with Gasteiger partial charge in [-0.1, -0.05) is 0 Å². The third-order valence-electron chi connectivity index (χ3n) is 4.05. The van der Waals surface area contributed by atoms with Crippen LogP contribution in [-0.4, -0.2) is 23.2 Å². The lowest BCUT2D eigenvalue weighted by Gasteiger charge is -2.12. The maximum atomic E-state index is 12.8. The summed E-state index contributed by atoms with van der Waals surface area (Å²) in [5, 5.41) is 0. The van der Waals surface area contributed by atoms with Crippen molar-refractivity contribution in [1.29, 1.82) is 0 Å². The predicted octanol–water partition coefficient (Wildman–Crippen LogP) is 2.33. The average Bonchev–Trinajstić information content (AvgIpc) is 3.32. The predicted molar refractivity (Wildman–Crippen MR) is 69.7 cm³/mol. The van der Waals surface area contributed by atoms with Gasteiger partial charge in [0.05, 0.1) is 19.0 Å². The lowest BCUT2D eigenvalue weighted by atomic mass is 10.1. The van der Waals surface area contributed by atoms with Crippen LogP contribution >= 0.6 is 0 Å². The molecule has 0 bridgehead atoms. The van der Waals surface area contributed by atoms with E-state index < -0.39 is 0 Å². The van der Waals surface area contributed by atoms with Gasteiger partial charge >= 0.3 is 0 Å². The zero-order chi connectivity index (χ0) is 13.3. The molecule has 0 spiro atoms. The standard InChI is InChI=1S/C14H20FN3O/c15-9-14(3-4-14)5-6-19-12-7-11(8-16)17-13(18-12)10-1-2-10/h7,10H,1-6,8-9,16H2. The van der Waals surface area contributed by atoms with Crippen LogP contribution in [0.1, 0.15) is 49.5 Å². The van der Waals surface area contributed by atoms with Crippen LogP contribution in [0, 0.1) is 5.41 Å². The first-order valence-electron chi connectivity index (χ1n) is 7.01. The summed E-state index contributed by atoms with van der Waals surface area (Å²) in [5.41, 5.74) is 6.37. The van der Waals surface area contributed by atoms with Crippen LogP contribution in [0.25, 0.3) is 0 Å². The highest BCUT2D eigenvalue weighted by molar-refractivity contribution is 5.20. The van der Waals surface area contributed by atoms with E-state index in [0.29, 0.717) is 24.9 Å². The normalized spacial score (nSPS) is 20.3. The quantitative estimate of drug-likeness (QED) is 0.822. The van der Waals surface area contributed by atoms with Crippen molar-refractivity contribution in [2.75, 3.05) is 13.3 Å². The molecule has 0 aromatic carbocycles. The highest BCUT2D eigenvalue weighted by Crippen LogP contribution is 2.49. The number of alkyl halides is 1. The number of nitrogens with zero attached hydrogens (tertiary/aromatic N) is 2. The van der Waals surface area contributed by atoms with Gasteiger partial charge in [0.25, 0.3) is 0 Å². The molecule has 2 aliphatic rings. The van der Waals surface area contributed by atoms with E-state index in [-0.39, 0.29) is 12.1 Å². The molecule has 2 saturated carbocycles. The lowest BCUT2D eigenvalue weighted by Crippen LogP contribution is -2.11. The molecule has 19 heavy (non-hydrogen) atoms. The van der Waals surface area contributed by atoms with Crippen molar-refractivity contribution in [3.63, 3.8) is 0 Å². The van der Waals surface area contributed by atoms with Crippen LogP contribution in [0.5, 0.6) is 5.88 Å². The Labute approximate surface area is 112 Å². The zero-order valence-electron chi connectivity index (χ0n) is 11.1. The molecule has 0 aliphatic heterocycles. The Hall–Kier alpha value is -1.23. The second-order valence-corrected chi connectivity index (χ2v) is 5.77. The Bertz CT molecular complexity index is 458. The lowest BCUT2D eigenvalue weighted by molar-refractivity contribution is 0.232. The number of hydrogen-bond donors (Lipinski definition) is 1. The molecule has 4 nitrogen and oxygen atoms in total. The minimum absolute atomic E-state index is 0.0942. The Balaban J connectivity index is 1.61. The van der Waals surface area contributed by atoms with Gasteiger partial charge in [0, 0.05) is 23.9 Å². The molecule has 0 atom stereocenters. The summed E-state index contributed by atoms with van der Waals surface area (Å²) in [4.78, 5) is 8.85. The fraction of sp³-hybridized carbons (Fsp3) is 0.714. The number of hydrogen-bond acceptors (Lipinski definition) is 4. The summed E-state index contributed by atoms with van der Waals surface area (Å²) < 4.78 is 18.4. The maximum absolute atomic E-state index is 12.8. The molecular weight excluding hydrogens is 245 g/mol. The molecule has 104 valence electrons. The van der Waals surface area contributed by atoms with Gasteiger partial charge in [-0.25, -0.2) is 4.98 Å². The number of aromatic nitrogens is 2. The third-order valence-corrected chi connectivity index (χ3v) is 4.05. The summed E-state index contributed by atoms with van der Waals surface area (Å²) in [6, 6.07) is 1.79. The van der Waals surface area contributed by atoms with E-state index in [0.717, 1.165) is 43.6 Å². The van der Waals surface area contributed by atoms with E-state index in [4.69, 9.17) is 10.5 Å². The molecule has 5 heteroatoms. The van der Waals surface area contributed by atoms with Crippen LogP contribution in [0.4, 0.5) is 4.39 Å². The second kappa shape index (κ2) is 5.04. The largest absolute Gasteiger partial charge is 0.478 e. The van der Waals surface area contributed by atoms with Gasteiger partial charge in [-0.15, -0.1) is 0 Å². The second-order valence-electron chi connectivity index (χ2n) is 5.77. The monoisotopic (exact) mass is 265 g/mol. The molecule has 0 saturated heterocycles. The summed E-state index contributed by atoms with van der Waals surface area (Å²) in [6.07, 6.45) is 5.04. The van der Waals surface area contributed by atoms with Gasteiger partial charge in [0.1, 0.15) is 5.82 Å². The van der Waals surface area contributed by atoms with Crippen LogP contribution in [0.2, 0.25) is 0 Å². The summed E-state index contributed by atoms with van der Waals surface area (Å²) in [5.74, 6) is 1.92. The van der Waals surface area contributed by atoms with E-state index in [1.165, 1.54) is 0 Å². The highest BCUT2D eigenvalue weighted by Gasteiger charge is 2.42. The van der Waals surface area contributed by atoms with E-state index in [9.17, 15) is 4.39 Å². The molecule has 1 aromatic heterocycles. The Morgan fingerprint density at radius 3 is 2.74 bits per heavy atom. The van der Waals surface area contributed by atoms with Crippen LogP contribution in [-0.2, 0) is 6.54 Å². The average molecular weight is 265 g/mol. The fourth-order valence-corrected chi connectivity index (χ4v) is 2.19. The van der Waals surface area contributed by atoms with Gasteiger partial charge in [-0.2, -0.15) is 4.98 Å². The van der Waals surface area contributed by atoms with Gasteiger partial charge in [0.2, 0.25) is 5.88 Å². The first kappa shape index (κ1) is 12.8.